The first-order chi connectivity index (χ1) is 11.4. The molecule has 0 fully saturated rings. The van der Waals surface area contributed by atoms with Gasteiger partial charge in [0, 0.05) is 10.7 Å². The van der Waals surface area contributed by atoms with E-state index < -0.39 is 26.7 Å². The fourth-order valence-corrected chi connectivity index (χ4v) is 3.32. The number of para-hydroxylation sites is 2. The molecule has 0 saturated heterocycles. The molecule has 0 aliphatic rings. The third kappa shape index (κ3) is 3.27. The molecule has 24 heavy (non-hydrogen) atoms. The minimum atomic E-state index is -3.99. The summed E-state index contributed by atoms with van der Waals surface area (Å²) in [7, 11) is -3.99. The molecule has 1 heterocycles. The molecule has 0 bridgehead atoms. The molecule has 124 valence electrons. The van der Waals surface area contributed by atoms with E-state index in [0.717, 1.165) is 0 Å². The summed E-state index contributed by atoms with van der Waals surface area (Å²) < 4.78 is 29.8. The molecular weight excluding hydrogens is 352 g/mol. The molecule has 1 N–H and O–H groups in total. The van der Waals surface area contributed by atoms with Crippen molar-refractivity contribution in [3.8, 4) is 0 Å². The van der Waals surface area contributed by atoms with Crippen molar-refractivity contribution in [2.24, 2.45) is 0 Å². The zero-order valence-electron chi connectivity index (χ0n) is 12.6. The number of benzene rings is 2. The fourth-order valence-electron chi connectivity index (χ4n) is 2.15. The van der Waals surface area contributed by atoms with E-state index in [1.54, 1.807) is 49.4 Å². The van der Waals surface area contributed by atoms with Crippen LogP contribution in [0.3, 0.4) is 0 Å². The maximum atomic E-state index is 12.3. The van der Waals surface area contributed by atoms with E-state index in [0.29, 0.717) is 27.4 Å². The topological polar surface area (TPSA) is 89.3 Å². The largest absolute Gasteiger partial charge is 0.428 e. The summed E-state index contributed by atoms with van der Waals surface area (Å²) in [6.07, 6.45) is 0. The summed E-state index contributed by atoms with van der Waals surface area (Å²) in [6.45, 7) is 1.73. The number of halogens is 1. The molecule has 0 unspecified atom stereocenters. The number of carbonyl (C=O) groups is 1. The number of aromatic nitrogens is 1. The second kappa shape index (κ2) is 6.26. The van der Waals surface area contributed by atoms with E-state index in [1.165, 1.54) is 0 Å². The van der Waals surface area contributed by atoms with Gasteiger partial charge >= 0.3 is 5.22 Å². The Bertz CT molecular complexity index is 994. The van der Waals surface area contributed by atoms with Gasteiger partial charge in [0.05, 0.1) is 0 Å². The van der Waals surface area contributed by atoms with Crippen LogP contribution < -0.4 is 5.32 Å². The second-order valence-electron chi connectivity index (χ2n) is 5.17. The number of nitrogens with zero attached hydrogens (tertiary/aromatic N) is 1. The lowest BCUT2D eigenvalue weighted by atomic mass is 10.2. The predicted octanol–water partition coefficient (Wildman–Crippen LogP) is 3.20. The SMILES string of the molecule is Cc1c(Cl)cccc1NC(=O)CS(=O)(=O)c1nc2ccccc2o1. The first kappa shape index (κ1) is 16.5. The number of amides is 1. The van der Waals surface area contributed by atoms with Gasteiger partial charge in [-0.15, -0.1) is 0 Å². The summed E-state index contributed by atoms with van der Waals surface area (Å²) >= 11 is 5.98. The Morgan fingerprint density at radius 2 is 1.96 bits per heavy atom. The summed E-state index contributed by atoms with van der Waals surface area (Å²) in [6, 6.07) is 11.7. The van der Waals surface area contributed by atoms with Gasteiger partial charge in [-0.3, -0.25) is 4.79 Å². The fraction of sp³-hybridized carbons (Fsp3) is 0.125. The molecule has 0 aliphatic heterocycles. The van der Waals surface area contributed by atoms with Crippen molar-refractivity contribution in [3.05, 3.63) is 53.1 Å². The van der Waals surface area contributed by atoms with Crippen LogP contribution >= 0.6 is 11.6 Å². The van der Waals surface area contributed by atoms with Crippen molar-refractivity contribution < 1.29 is 17.6 Å². The Labute approximate surface area is 143 Å². The molecule has 2 aromatic carbocycles. The van der Waals surface area contributed by atoms with Gasteiger partial charge < -0.3 is 9.73 Å². The van der Waals surface area contributed by atoms with Gasteiger partial charge in [-0.2, -0.15) is 4.98 Å². The number of anilines is 1. The first-order valence-corrected chi connectivity index (χ1v) is 9.03. The second-order valence-corrected chi connectivity index (χ2v) is 7.44. The maximum absolute atomic E-state index is 12.3. The van der Waals surface area contributed by atoms with Crippen LogP contribution in [-0.2, 0) is 14.6 Å². The lowest BCUT2D eigenvalue weighted by Gasteiger charge is -2.08. The van der Waals surface area contributed by atoms with Gasteiger partial charge in [0.25, 0.3) is 0 Å². The minimum absolute atomic E-state index is 0.349. The highest BCUT2D eigenvalue weighted by molar-refractivity contribution is 7.91. The van der Waals surface area contributed by atoms with E-state index in [4.69, 9.17) is 16.0 Å². The van der Waals surface area contributed by atoms with Crippen molar-refractivity contribution in [1.29, 1.82) is 0 Å². The molecule has 1 aromatic heterocycles. The van der Waals surface area contributed by atoms with Gasteiger partial charge in [-0.1, -0.05) is 29.8 Å². The number of hydrogen-bond acceptors (Lipinski definition) is 5. The Morgan fingerprint density at radius 3 is 2.71 bits per heavy atom. The molecule has 0 spiro atoms. The average molecular weight is 365 g/mol. The third-order valence-electron chi connectivity index (χ3n) is 3.40. The molecule has 8 heteroatoms. The van der Waals surface area contributed by atoms with Crippen LogP contribution in [0, 0.1) is 6.92 Å². The Balaban J connectivity index is 1.81. The van der Waals surface area contributed by atoms with Gasteiger partial charge in [0.15, 0.2) is 5.58 Å². The summed E-state index contributed by atoms with van der Waals surface area (Å²) in [5.41, 5.74) is 1.89. The normalized spacial score (nSPS) is 11.6. The predicted molar refractivity (Wildman–Crippen MR) is 90.9 cm³/mol. The van der Waals surface area contributed by atoms with E-state index in [-0.39, 0.29) is 0 Å². The van der Waals surface area contributed by atoms with Gasteiger partial charge in [-0.05, 0) is 36.8 Å². The Hall–Kier alpha value is -2.38. The summed E-state index contributed by atoms with van der Waals surface area (Å²) in [5, 5.41) is 2.55. The number of nitrogens with one attached hydrogen (secondary N) is 1. The average Bonchev–Trinajstić information content (AvgIpc) is 2.96. The molecule has 0 atom stereocenters. The zero-order chi connectivity index (χ0) is 17.3. The third-order valence-corrected chi connectivity index (χ3v) is 5.16. The molecule has 3 aromatic rings. The Kier molecular flexibility index (Phi) is 4.29. The van der Waals surface area contributed by atoms with E-state index in [1.807, 2.05) is 0 Å². The summed E-state index contributed by atoms with van der Waals surface area (Å²) in [4.78, 5) is 16.0. The lowest BCUT2D eigenvalue weighted by Crippen LogP contribution is -2.23. The van der Waals surface area contributed by atoms with Crippen LogP contribution in [0.2, 0.25) is 5.02 Å². The van der Waals surface area contributed by atoms with Crippen molar-refractivity contribution in [1.82, 2.24) is 4.98 Å². The number of rotatable bonds is 4. The van der Waals surface area contributed by atoms with E-state index in [2.05, 4.69) is 10.3 Å². The molecule has 0 aliphatic carbocycles. The van der Waals surface area contributed by atoms with E-state index in [9.17, 15) is 13.2 Å². The van der Waals surface area contributed by atoms with Crippen LogP contribution in [-0.4, -0.2) is 25.1 Å². The van der Waals surface area contributed by atoms with Crippen LogP contribution in [0.15, 0.2) is 52.1 Å². The highest BCUT2D eigenvalue weighted by Crippen LogP contribution is 2.23. The van der Waals surface area contributed by atoms with Crippen molar-refractivity contribution in [2.45, 2.75) is 12.1 Å². The number of oxazole rings is 1. The monoisotopic (exact) mass is 364 g/mol. The van der Waals surface area contributed by atoms with Crippen LogP contribution in [0.1, 0.15) is 5.56 Å². The number of hydrogen-bond donors (Lipinski definition) is 1. The van der Waals surface area contributed by atoms with Crippen LogP contribution in [0.5, 0.6) is 0 Å². The molecule has 0 radical (unpaired) electrons. The van der Waals surface area contributed by atoms with Crippen molar-refractivity contribution in [3.63, 3.8) is 0 Å². The standard InChI is InChI=1S/C16H13ClN2O4S/c1-10-11(17)5-4-7-12(10)18-15(20)9-24(21,22)16-19-13-6-2-3-8-14(13)23-16/h2-8H,9H2,1H3,(H,18,20). The number of carbonyl (C=O) groups excluding carboxylic acids is 1. The molecule has 0 saturated carbocycles. The number of fused-ring (bicyclic) bond motifs is 1. The van der Waals surface area contributed by atoms with Crippen molar-refractivity contribution >= 4 is 44.1 Å². The first-order valence-electron chi connectivity index (χ1n) is 7.00. The zero-order valence-corrected chi connectivity index (χ0v) is 14.2. The van der Waals surface area contributed by atoms with E-state index >= 15 is 0 Å². The van der Waals surface area contributed by atoms with Gasteiger partial charge in [-0.25, -0.2) is 8.42 Å². The molecular formula is C16H13ClN2O4S. The van der Waals surface area contributed by atoms with Crippen LogP contribution in [0.4, 0.5) is 5.69 Å². The molecule has 6 nitrogen and oxygen atoms in total. The highest BCUT2D eigenvalue weighted by Gasteiger charge is 2.25. The maximum Gasteiger partial charge on any atom is 0.316 e. The minimum Gasteiger partial charge on any atom is -0.428 e. The van der Waals surface area contributed by atoms with Gasteiger partial charge in [0.2, 0.25) is 15.7 Å². The quantitative estimate of drug-likeness (QED) is 0.767. The lowest BCUT2D eigenvalue weighted by molar-refractivity contribution is -0.113. The molecule has 3 rings (SSSR count). The van der Waals surface area contributed by atoms with Crippen molar-refractivity contribution in [2.75, 3.05) is 11.1 Å². The van der Waals surface area contributed by atoms with Gasteiger partial charge in [0.1, 0.15) is 11.3 Å². The smallest absolute Gasteiger partial charge is 0.316 e. The Morgan fingerprint density at radius 1 is 1.21 bits per heavy atom. The summed E-state index contributed by atoms with van der Waals surface area (Å²) in [5.74, 6) is -1.46. The van der Waals surface area contributed by atoms with Crippen LogP contribution in [0.25, 0.3) is 11.1 Å². The molecule has 1 amide bonds. The highest BCUT2D eigenvalue weighted by atomic mass is 35.5. The number of sulfone groups is 1.